The van der Waals surface area contributed by atoms with Gasteiger partial charge in [0.15, 0.2) is 5.96 Å². The number of rotatable bonds is 3. The van der Waals surface area contributed by atoms with E-state index in [9.17, 15) is 8.42 Å². The van der Waals surface area contributed by atoms with Gasteiger partial charge in [0.2, 0.25) is 10.0 Å². The van der Waals surface area contributed by atoms with Crippen molar-refractivity contribution in [2.24, 2.45) is 22.7 Å². The van der Waals surface area contributed by atoms with Crippen molar-refractivity contribution in [1.82, 2.24) is 14.5 Å². The molecular formula is C16H33IN4O2S. The lowest BCUT2D eigenvalue weighted by Crippen LogP contribution is -2.50. The topological polar surface area (TPSA) is 65.0 Å². The van der Waals surface area contributed by atoms with Gasteiger partial charge in [0.05, 0.1) is 6.26 Å². The summed E-state index contributed by atoms with van der Waals surface area (Å²) in [4.78, 5) is 6.81. The van der Waals surface area contributed by atoms with Crippen molar-refractivity contribution in [3.05, 3.63) is 0 Å². The van der Waals surface area contributed by atoms with Gasteiger partial charge in [-0.3, -0.25) is 4.99 Å². The van der Waals surface area contributed by atoms with E-state index in [4.69, 9.17) is 0 Å². The van der Waals surface area contributed by atoms with Crippen molar-refractivity contribution in [3.8, 4) is 0 Å². The Morgan fingerprint density at radius 3 is 2.17 bits per heavy atom. The molecule has 2 saturated heterocycles. The third-order valence-electron chi connectivity index (χ3n) is 4.97. The van der Waals surface area contributed by atoms with Gasteiger partial charge in [0, 0.05) is 39.8 Å². The molecular weight excluding hydrogens is 439 g/mol. The molecule has 0 saturated carbocycles. The Kier molecular flexibility index (Phi) is 8.75. The highest BCUT2D eigenvalue weighted by molar-refractivity contribution is 14.0. The second-order valence-electron chi connectivity index (χ2n) is 7.38. The van der Waals surface area contributed by atoms with Gasteiger partial charge in [-0.2, -0.15) is 0 Å². The average Bonchev–Trinajstić information content (AvgIpc) is 2.46. The number of nitrogens with zero attached hydrogens (tertiary/aromatic N) is 3. The van der Waals surface area contributed by atoms with Gasteiger partial charge < -0.3 is 10.2 Å². The first-order chi connectivity index (χ1) is 10.8. The highest BCUT2D eigenvalue weighted by atomic mass is 127. The summed E-state index contributed by atoms with van der Waals surface area (Å²) in [6.45, 7) is 8.90. The summed E-state index contributed by atoms with van der Waals surface area (Å²) in [5.41, 5.74) is 0. The van der Waals surface area contributed by atoms with Crippen LogP contribution >= 0.6 is 24.0 Å². The van der Waals surface area contributed by atoms with Crippen LogP contribution in [0.2, 0.25) is 0 Å². The maximum absolute atomic E-state index is 11.6. The average molecular weight is 472 g/mol. The van der Waals surface area contributed by atoms with Crippen molar-refractivity contribution < 1.29 is 8.42 Å². The van der Waals surface area contributed by atoms with E-state index in [1.807, 2.05) is 7.05 Å². The Labute approximate surface area is 164 Å². The van der Waals surface area contributed by atoms with Crippen molar-refractivity contribution in [2.45, 2.75) is 33.1 Å². The highest BCUT2D eigenvalue weighted by Gasteiger charge is 2.27. The molecule has 8 heteroatoms. The van der Waals surface area contributed by atoms with E-state index in [0.717, 1.165) is 38.4 Å². The van der Waals surface area contributed by atoms with E-state index < -0.39 is 10.0 Å². The molecule has 2 unspecified atom stereocenters. The van der Waals surface area contributed by atoms with E-state index >= 15 is 0 Å². The molecule has 2 fully saturated rings. The fraction of sp³-hybridized carbons (Fsp3) is 0.938. The largest absolute Gasteiger partial charge is 0.356 e. The third kappa shape index (κ3) is 6.33. The molecule has 2 atom stereocenters. The summed E-state index contributed by atoms with van der Waals surface area (Å²) in [7, 11) is -1.19. The number of likely N-dealkylation sites (tertiary alicyclic amines) is 1. The first-order valence-corrected chi connectivity index (χ1v) is 10.5. The maximum Gasteiger partial charge on any atom is 0.211 e. The Balaban J connectivity index is 0.00000288. The lowest BCUT2D eigenvalue weighted by Gasteiger charge is -2.38. The van der Waals surface area contributed by atoms with Crippen LogP contribution in [0.3, 0.4) is 0 Å². The number of sulfonamides is 1. The van der Waals surface area contributed by atoms with Gasteiger partial charge in [-0.05, 0) is 37.0 Å². The van der Waals surface area contributed by atoms with Crippen LogP contribution in [0, 0.1) is 17.8 Å². The van der Waals surface area contributed by atoms with E-state index in [1.165, 1.54) is 12.7 Å². The first kappa shape index (κ1) is 22.0. The third-order valence-corrected chi connectivity index (χ3v) is 6.27. The lowest BCUT2D eigenvalue weighted by molar-refractivity contribution is 0.206. The number of halogens is 1. The molecule has 142 valence electrons. The van der Waals surface area contributed by atoms with Crippen LogP contribution in [-0.4, -0.2) is 69.6 Å². The monoisotopic (exact) mass is 472 g/mol. The molecule has 2 heterocycles. The summed E-state index contributed by atoms with van der Waals surface area (Å²) >= 11 is 0. The number of hydrogen-bond acceptors (Lipinski definition) is 3. The van der Waals surface area contributed by atoms with Crippen molar-refractivity contribution >= 4 is 40.0 Å². The number of aliphatic imine (C=N–C) groups is 1. The second kappa shape index (κ2) is 9.56. The lowest BCUT2D eigenvalue weighted by atomic mass is 9.92. The molecule has 2 aliphatic heterocycles. The van der Waals surface area contributed by atoms with Crippen LogP contribution < -0.4 is 5.32 Å². The summed E-state index contributed by atoms with van der Waals surface area (Å²) in [5.74, 6) is 2.92. The van der Waals surface area contributed by atoms with Crippen molar-refractivity contribution in [2.75, 3.05) is 46.0 Å². The first-order valence-electron chi connectivity index (χ1n) is 8.70. The van der Waals surface area contributed by atoms with E-state index in [0.29, 0.717) is 30.8 Å². The van der Waals surface area contributed by atoms with Crippen LogP contribution in [-0.2, 0) is 10.0 Å². The molecule has 0 spiro atoms. The zero-order chi connectivity index (χ0) is 17.0. The molecule has 2 rings (SSSR count). The summed E-state index contributed by atoms with van der Waals surface area (Å²) in [6.07, 6.45) is 4.43. The minimum Gasteiger partial charge on any atom is -0.356 e. The molecule has 0 amide bonds. The fourth-order valence-corrected chi connectivity index (χ4v) is 4.72. The Morgan fingerprint density at radius 2 is 1.71 bits per heavy atom. The van der Waals surface area contributed by atoms with Gasteiger partial charge in [-0.15, -0.1) is 24.0 Å². The number of piperidine rings is 2. The molecule has 0 radical (unpaired) electrons. The molecule has 6 nitrogen and oxygen atoms in total. The smallest absolute Gasteiger partial charge is 0.211 e. The molecule has 0 aliphatic carbocycles. The molecule has 0 aromatic carbocycles. The molecule has 2 aliphatic rings. The number of nitrogens with one attached hydrogen (secondary N) is 1. The normalized spacial score (nSPS) is 27.7. The summed E-state index contributed by atoms with van der Waals surface area (Å²) < 4.78 is 24.7. The van der Waals surface area contributed by atoms with Crippen LogP contribution in [0.15, 0.2) is 4.99 Å². The summed E-state index contributed by atoms with van der Waals surface area (Å²) in [6, 6.07) is 0. The Bertz CT molecular complexity index is 508. The summed E-state index contributed by atoms with van der Waals surface area (Å²) in [5, 5.41) is 3.51. The van der Waals surface area contributed by atoms with Crippen LogP contribution in [0.5, 0.6) is 0 Å². The van der Waals surface area contributed by atoms with Gasteiger partial charge in [-0.1, -0.05) is 13.8 Å². The van der Waals surface area contributed by atoms with Crippen LogP contribution in [0.25, 0.3) is 0 Å². The molecule has 1 N–H and O–H groups in total. The van der Waals surface area contributed by atoms with Crippen molar-refractivity contribution in [3.63, 3.8) is 0 Å². The second-order valence-corrected chi connectivity index (χ2v) is 9.37. The quantitative estimate of drug-likeness (QED) is 0.387. The SMILES string of the molecule is CN=C(NCC1CCN(S(C)(=O)=O)CC1)N1CC(C)CC(C)C1.I. The molecule has 24 heavy (non-hydrogen) atoms. The standard InChI is InChI=1S/C16H32N4O2S.HI/c1-13-9-14(2)12-19(11-13)16(17-3)18-10-15-5-7-20(8-6-15)23(4,21)22;/h13-15H,5-12H2,1-4H3,(H,17,18);1H. The van der Waals surface area contributed by atoms with Gasteiger partial charge >= 0.3 is 0 Å². The number of hydrogen-bond donors (Lipinski definition) is 1. The van der Waals surface area contributed by atoms with Gasteiger partial charge in [-0.25, -0.2) is 12.7 Å². The molecule has 0 aromatic heterocycles. The fourth-order valence-electron chi connectivity index (χ4n) is 3.85. The van der Waals surface area contributed by atoms with E-state index in [1.54, 1.807) is 4.31 Å². The number of guanidine groups is 1. The zero-order valence-electron chi connectivity index (χ0n) is 15.4. The van der Waals surface area contributed by atoms with Crippen LogP contribution in [0.1, 0.15) is 33.1 Å². The van der Waals surface area contributed by atoms with Gasteiger partial charge in [0.25, 0.3) is 0 Å². The van der Waals surface area contributed by atoms with Gasteiger partial charge in [0.1, 0.15) is 0 Å². The predicted octanol–water partition coefficient (Wildman–Crippen LogP) is 1.83. The minimum atomic E-state index is -3.03. The molecule has 0 bridgehead atoms. The van der Waals surface area contributed by atoms with E-state index in [2.05, 4.69) is 29.1 Å². The molecule has 0 aromatic rings. The van der Waals surface area contributed by atoms with E-state index in [-0.39, 0.29) is 24.0 Å². The van der Waals surface area contributed by atoms with Crippen molar-refractivity contribution in [1.29, 1.82) is 0 Å². The van der Waals surface area contributed by atoms with Crippen LogP contribution in [0.4, 0.5) is 0 Å². The Morgan fingerprint density at radius 1 is 1.17 bits per heavy atom. The highest BCUT2D eigenvalue weighted by Crippen LogP contribution is 2.21. The zero-order valence-corrected chi connectivity index (χ0v) is 18.5. The maximum atomic E-state index is 11.6. The minimum absolute atomic E-state index is 0. The Hall–Kier alpha value is -0.0900. The predicted molar refractivity (Wildman–Crippen MR) is 110 cm³/mol.